The van der Waals surface area contributed by atoms with Crippen molar-refractivity contribution >= 4 is 181 Å². The number of phenols is 4. The van der Waals surface area contributed by atoms with Crippen molar-refractivity contribution in [2.24, 2.45) is 0 Å². The normalized spacial score (nSPS) is 11.1. The first-order valence-corrected chi connectivity index (χ1v) is 21.9. The smallest absolute Gasteiger partial charge is 0.153 e. The minimum atomic E-state index is -0.711. The maximum atomic E-state index is 11.0. The molecule has 6 nitrogen and oxygen atoms in total. The molecule has 0 aromatic heterocycles. The lowest BCUT2D eigenvalue weighted by molar-refractivity contribution is 0.405. The summed E-state index contributed by atoms with van der Waals surface area (Å²) in [5.74, 6) is -2.11. The molecule has 0 unspecified atom stereocenters. The van der Waals surface area contributed by atoms with E-state index in [1.807, 2.05) is 95.9 Å². The fourth-order valence-corrected chi connectivity index (χ4v) is 8.72. The second-order valence-corrected chi connectivity index (χ2v) is 16.8. The zero-order valence-electron chi connectivity index (χ0n) is 38.0. The number of hydrogen-bond acceptors (Lipinski definition) is 6. The minimum absolute atomic E-state index is 0.00207. The Balaban J connectivity index is 1.06. The highest BCUT2D eigenvalue weighted by atomic mass is 16.3. The largest absolute Gasteiger partial charge is 0.508 e. The van der Waals surface area contributed by atoms with Crippen LogP contribution in [0.5, 0.6) is 23.0 Å². The number of nitrogens with zero attached hydrogens (tertiary/aromatic N) is 2. The molecule has 4 N–H and O–H groups in total. The van der Waals surface area contributed by atoms with E-state index in [0.29, 0.717) is 28.1 Å². The van der Waals surface area contributed by atoms with Gasteiger partial charge in [-0.2, -0.15) is 0 Å². The van der Waals surface area contributed by atoms with Gasteiger partial charge < -0.3 is 30.2 Å². The van der Waals surface area contributed by atoms with Crippen LogP contribution in [0.15, 0.2) is 152 Å². The average molecular weight is 889 g/mol. The molecular weight excluding hydrogens is 860 g/mol. The van der Waals surface area contributed by atoms with Crippen molar-refractivity contribution in [3.8, 4) is 67.5 Å². The molecule has 22 radical (unpaired) electrons. The average Bonchev–Trinajstić information content (AvgIpc) is 3.39. The Bertz CT molecular complexity index is 3310. The summed E-state index contributed by atoms with van der Waals surface area (Å²) in [5.41, 5.74) is 9.78. The van der Waals surface area contributed by atoms with Gasteiger partial charge in [-0.25, -0.2) is 0 Å². The lowest BCUT2D eigenvalue weighted by atomic mass is 9.60. The molecule has 0 saturated heterocycles. The summed E-state index contributed by atoms with van der Waals surface area (Å²) in [6.07, 6.45) is 0. The molecule has 9 aromatic rings. The van der Waals surface area contributed by atoms with Gasteiger partial charge >= 0.3 is 0 Å². The van der Waals surface area contributed by atoms with Gasteiger partial charge in [-0.15, -0.1) is 27.3 Å². The molecule has 0 bridgehead atoms. The monoisotopic (exact) mass is 890 g/mol. The summed E-state index contributed by atoms with van der Waals surface area (Å²) in [4.78, 5) is 4.12. The molecule has 0 fully saturated rings. The summed E-state index contributed by atoms with van der Waals surface area (Å²) in [5, 5.41) is 42.5. The van der Waals surface area contributed by atoms with E-state index in [-0.39, 0.29) is 71.5 Å². The van der Waals surface area contributed by atoms with Crippen LogP contribution in [0.3, 0.4) is 0 Å². The minimum Gasteiger partial charge on any atom is -0.508 e. The lowest BCUT2D eigenvalue weighted by Gasteiger charge is -2.27. The predicted molar refractivity (Wildman–Crippen MR) is 303 cm³/mol. The van der Waals surface area contributed by atoms with E-state index < -0.39 is 22.7 Å². The highest BCUT2D eigenvalue weighted by molar-refractivity contribution is 6.69. The summed E-state index contributed by atoms with van der Waals surface area (Å²) in [6.45, 7) is 0. The lowest BCUT2D eigenvalue weighted by Crippen LogP contribution is -2.55. The number of rotatable bonds is 10. The van der Waals surface area contributed by atoms with Crippen LogP contribution < -0.4 is 69.9 Å². The van der Waals surface area contributed by atoms with Crippen LogP contribution in [0.2, 0.25) is 0 Å². The van der Waals surface area contributed by atoms with Crippen molar-refractivity contribution in [1.82, 2.24) is 0 Å². The second kappa shape index (κ2) is 19.4. The maximum Gasteiger partial charge on any atom is 0.153 e. The van der Waals surface area contributed by atoms with E-state index in [2.05, 4.69) is 29.2 Å². The molecule has 0 atom stereocenters. The fourth-order valence-electron chi connectivity index (χ4n) is 8.72. The first-order chi connectivity index (χ1) is 34.0. The summed E-state index contributed by atoms with van der Waals surface area (Å²) in [6, 6.07) is 48.2. The van der Waals surface area contributed by atoms with E-state index in [4.69, 9.17) is 86.3 Å². The molecule has 0 spiro atoms. The number of hydrogen-bond donors (Lipinski definition) is 4. The van der Waals surface area contributed by atoms with Crippen molar-refractivity contribution in [1.29, 1.82) is 0 Å². The van der Waals surface area contributed by atoms with Crippen molar-refractivity contribution in [2.45, 2.75) is 0 Å². The van der Waals surface area contributed by atoms with Crippen LogP contribution in [-0.2, 0) is 0 Å². The standard InChI is InChI=1S/C54H29B11N2O4/c55-40-37(41(56)45(60)47(62)44(40)59)28-10-20-34(21-11-28)66(31-4-2-1-3-5-31)32-16-6-26(7-17-32)27-8-18-33(19-9-27)67(35-22-12-29(13-23-35)38-42(57)46(61)48(63)49(64)51(38)68)36-24-14-30(15-25-36)39-43(58)53(70)54(71)50(65)52(39)69/h1-25,68-71H. The van der Waals surface area contributed by atoms with Gasteiger partial charge in [0.1, 0.15) is 104 Å². The highest BCUT2D eigenvalue weighted by Gasteiger charge is 2.22. The van der Waals surface area contributed by atoms with E-state index in [9.17, 15) is 20.4 Å². The first kappa shape index (κ1) is 48.5. The molecule has 0 aliphatic carbocycles. The Morgan fingerprint density at radius 1 is 0.211 bits per heavy atom. The quantitative estimate of drug-likeness (QED) is 0.0928. The van der Waals surface area contributed by atoms with Crippen LogP contribution >= 0.6 is 0 Å². The van der Waals surface area contributed by atoms with E-state index >= 15 is 0 Å². The number of para-hydroxylation sites is 1. The number of aromatic hydroxyl groups is 4. The molecule has 9 rings (SSSR count). The second-order valence-electron chi connectivity index (χ2n) is 16.8. The number of benzene rings is 9. The van der Waals surface area contributed by atoms with Gasteiger partial charge in [0, 0.05) is 45.3 Å². The SMILES string of the molecule is [B]c1c([B])c([B])c(-c2ccc(N(c3ccccc3)c3ccc(-c4ccc(N(c5ccc(-c6c([B])c([B])c([B])c([B])c6O)cc5)c5ccc(-c6c([B])c(O)c(O)c([B])c6O)cc5)cc4)cc3)cc2)c([B])c1[B]. The molecule has 71 heavy (non-hydrogen) atoms. The predicted octanol–water partition coefficient (Wildman–Crippen LogP) is 0.848. The van der Waals surface area contributed by atoms with Gasteiger partial charge in [-0.05, 0) is 117 Å². The summed E-state index contributed by atoms with van der Waals surface area (Å²) >= 11 is 0. The summed E-state index contributed by atoms with van der Waals surface area (Å²) in [7, 11) is 67.8. The molecule has 17 heteroatoms. The van der Waals surface area contributed by atoms with Crippen LogP contribution in [0.1, 0.15) is 0 Å². The van der Waals surface area contributed by atoms with Gasteiger partial charge in [0.25, 0.3) is 0 Å². The third-order valence-electron chi connectivity index (χ3n) is 12.7. The molecule has 0 saturated carbocycles. The Hall–Kier alpha value is -7.51. The maximum absolute atomic E-state index is 11.0. The van der Waals surface area contributed by atoms with Crippen LogP contribution in [-0.4, -0.2) is 107 Å². The summed E-state index contributed by atoms with van der Waals surface area (Å²) < 4.78 is 0. The van der Waals surface area contributed by atoms with Crippen molar-refractivity contribution in [2.75, 3.05) is 9.80 Å². The number of anilines is 6. The molecule has 0 amide bonds. The van der Waals surface area contributed by atoms with Gasteiger partial charge in [-0.3, -0.25) is 0 Å². The van der Waals surface area contributed by atoms with Crippen molar-refractivity contribution in [3.05, 3.63) is 152 Å². The Kier molecular flexibility index (Phi) is 13.2. The van der Waals surface area contributed by atoms with Gasteiger partial charge in [0.05, 0.1) is 0 Å². The van der Waals surface area contributed by atoms with Gasteiger partial charge in [0.2, 0.25) is 0 Å². The first-order valence-electron chi connectivity index (χ1n) is 21.9. The van der Waals surface area contributed by atoms with Gasteiger partial charge in [0.15, 0.2) is 5.75 Å². The van der Waals surface area contributed by atoms with Crippen LogP contribution in [0.25, 0.3) is 44.5 Å². The molecule has 0 aliphatic rings. The topological polar surface area (TPSA) is 87.4 Å². The molecule has 0 heterocycles. The van der Waals surface area contributed by atoms with Crippen molar-refractivity contribution < 1.29 is 20.4 Å². The zero-order valence-corrected chi connectivity index (χ0v) is 38.0. The van der Waals surface area contributed by atoms with Crippen molar-refractivity contribution in [3.63, 3.8) is 0 Å². The molecule has 312 valence electrons. The molecule has 0 aliphatic heterocycles. The van der Waals surface area contributed by atoms with E-state index in [1.54, 1.807) is 36.4 Å². The number of phenolic OH excluding ortho intramolecular Hbond substituents is 4. The molecular formula is C54H29B11N2O4. The highest BCUT2D eigenvalue weighted by Crippen LogP contribution is 2.41. The zero-order chi connectivity index (χ0) is 50.6. The fraction of sp³-hybridized carbons (Fsp3) is 0. The van der Waals surface area contributed by atoms with E-state index in [1.165, 1.54) is 0 Å². The van der Waals surface area contributed by atoms with Gasteiger partial charge in [-0.1, -0.05) is 101 Å². The Labute approximate surface area is 427 Å². The Morgan fingerprint density at radius 3 is 0.845 bits per heavy atom. The third-order valence-corrected chi connectivity index (χ3v) is 12.7. The molecule has 9 aromatic carbocycles. The Morgan fingerprint density at radius 2 is 0.465 bits per heavy atom. The third kappa shape index (κ3) is 8.66. The van der Waals surface area contributed by atoms with E-state index in [0.717, 1.165) is 39.4 Å². The van der Waals surface area contributed by atoms with Crippen LogP contribution in [0.4, 0.5) is 34.1 Å². The van der Waals surface area contributed by atoms with Crippen LogP contribution in [0, 0.1) is 0 Å².